The number of hydrogen-bond acceptors (Lipinski definition) is 8. The molecule has 5 rings (SSSR count). The van der Waals surface area contributed by atoms with Gasteiger partial charge in [-0.3, -0.25) is 9.69 Å². The summed E-state index contributed by atoms with van der Waals surface area (Å²) in [5.41, 5.74) is 2.97. The van der Waals surface area contributed by atoms with E-state index in [4.69, 9.17) is 9.47 Å². The second-order valence-electron chi connectivity index (χ2n) is 9.68. The quantitative estimate of drug-likeness (QED) is 0.513. The van der Waals surface area contributed by atoms with Crippen LogP contribution in [0.1, 0.15) is 23.5 Å². The number of morpholine rings is 1. The van der Waals surface area contributed by atoms with Crippen LogP contribution in [0.25, 0.3) is 16.7 Å². The second kappa shape index (κ2) is 11.1. The summed E-state index contributed by atoms with van der Waals surface area (Å²) in [6, 6.07) is 6.01. The Balaban J connectivity index is 1.41. The highest BCUT2D eigenvalue weighted by Gasteiger charge is 2.32. The third kappa shape index (κ3) is 5.29. The zero-order chi connectivity index (χ0) is 25.9. The molecule has 0 aliphatic carbocycles. The molecule has 2 saturated heterocycles. The number of likely N-dealkylation sites (tertiary alicyclic amines) is 1. The van der Waals surface area contributed by atoms with Crippen molar-refractivity contribution in [2.75, 3.05) is 65.0 Å². The number of halogens is 1. The molecular formula is C26H34FN7O3. The van der Waals surface area contributed by atoms with E-state index in [1.165, 1.54) is 6.33 Å². The molecular weight excluding hydrogens is 477 g/mol. The third-order valence-electron chi connectivity index (χ3n) is 7.38. The van der Waals surface area contributed by atoms with Gasteiger partial charge in [0, 0.05) is 51.2 Å². The van der Waals surface area contributed by atoms with Crippen LogP contribution >= 0.6 is 0 Å². The molecule has 2 unspecified atom stereocenters. The number of nitrogens with zero attached hydrogens (tertiary/aromatic N) is 6. The van der Waals surface area contributed by atoms with Gasteiger partial charge in [0.25, 0.3) is 5.91 Å². The summed E-state index contributed by atoms with van der Waals surface area (Å²) in [5, 5.41) is 8.22. The van der Waals surface area contributed by atoms with Crippen LogP contribution in [0.4, 0.5) is 10.2 Å². The zero-order valence-electron chi connectivity index (χ0n) is 21.6. The smallest absolute Gasteiger partial charge is 0.250 e. The number of carbonyl (C=O) groups excluding carboxylic acids is 1. The highest BCUT2D eigenvalue weighted by molar-refractivity contribution is 5.82. The first-order valence-corrected chi connectivity index (χ1v) is 12.7. The van der Waals surface area contributed by atoms with Crippen molar-refractivity contribution in [3.63, 3.8) is 0 Å². The van der Waals surface area contributed by atoms with Crippen LogP contribution in [0, 0.1) is 6.92 Å². The molecule has 11 heteroatoms. The van der Waals surface area contributed by atoms with Crippen molar-refractivity contribution >= 4 is 22.6 Å². The summed E-state index contributed by atoms with van der Waals surface area (Å²) in [7, 11) is 3.27. The van der Waals surface area contributed by atoms with E-state index in [-0.39, 0.29) is 11.8 Å². The molecule has 2 fully saturated rings. The van der Waals surface area contributed by atoms with Crippen LogP contribution in [0.5, 0.6) is 0 Å². The van der Waals surface area contributed by atoms with E-state index in [2.05, 4.69) is 37.4 Å². The normalized spacial score (nSPS) is 22.9. The average molecular weight is 512 g/mol. The van der Waals surface area contributed by atoms with Gasteiger partial charge in [-0.25, -0.2) is 19.0 Å². The van der Waals surface area contributed by atoms with Gasteiger partial charge in [-0.05, 0) is 43.1 Å². The number of carbonyl (C=O) groups is 1. The van der Waals surface area contributed by atoms with Crippen LogP contribution in [0.2, 0.25) is 0 Å². The van der Waals surface area contributed by atoms with E-state index in [0.717, 1.165) is 41.5 Å². The van der Waals surface area contributed by atoms with Crippen LogP contribution in [0.3, 0.4) is 0 Å². The summed E-state index contributed by atoms with van der Waals surface area (Å²) >= 11 is 0. The van der Waals surface area contributed by atoms with Crippen molar-refractivity contribution in [2.45, 2.75) is 31.5 Å². The van der Waals surface area contributed by atoms with Gasteiger partial charge in [0.2, 0.25) is 0 Å². The molecule has 37 heavy (non-hydrogen) atoms. The maximum atomic E-state index is 15.3. The molecule has 0 spiro atoms. The summed E-state index contributed by atoms with van der Waals surface area (Å²) in [5.74, 6) is 0.993. The number of aryl methyl sites for hydroxylation is 1. The lowest BCUT2D eigenvalue weighted by Gasteiger charge is -2.35. The fourth-order valence-electron chi connectivity index (χ4n) is 5.33. The first kappa shape index (κ1) is 25.5. The van der Waals surface area contributed by atoms with Crippen LogP contribution in [-0.2, 0) is 14.3 Å². The molecule has 198 valence electrons. The molecule has 2 aliphatic heterocycles. The number of likely N-dealkylation sites (N-methyl/N-ethyl adjacent to an activating group) is 1. The summed E-state index contributed by atoms with van der Waals surface area (Å²) in [4.78, 5) is 25.1. The summed E-state index contributed by atoms with van der Waals surface area (Å²) < 4.78 is 27.9. The number of methoxy groups -OCH3 is 1. The van der Waals surface area contributed by atoms with Crippen molar-refractivity contribution in [3.05, 3.63) is 41.9 Å². The van der Waals surface area contributed by atoms with Gasteiger partial charge in [-0.2, -0.15) is 5.10 Å². The number of piperidine rings is 1. The van der Waals surface area contributed by atoms with Crippen LogP contribution in [0.15, 0.2) is 30.7 Å². The maximum Gasteiger partial charge on any atom is 0.250 e. The fourth-order valence-corrected chi connectivity index (χ4v) is 5.33. The second-order valence-corrected chi connectivity index (χ2v) is 9.68. The number of nitrogens with one attached hydrogen (secondary N) is 1. The molecule has 3 atom stereocenters. The lowest BCUT2D eigenvalue weighted by Crippen LogP contribution is -2.49. The number of fused-ring (bicyclic) bond motifs is 1. The van der Waals surface area contributed by atoms with Crippen molar-refractivity contribution in [3.8, 4) is 5.82 Å². The lowest BCUT2D eigenvalue weighted by molar-refractivity contribution is -0.132. The van der Waals surface area contributed by atoms with Crippen LogP contribution < -0.4 is 10.2 Å². The monoisotopic (exact) mass is 511 g/mol. The van der Waals surface area contributed by atoms with Crippen molar-refractivity contribution < 1.29 is 18.7 Å². The predicted octanol–water partition coefficient (Wildman–Crippen LogP) is 1.85. The van der Waals surface area contributed by atoms with Crippen molar-refractivity contribution in [1.29, 1.82) is 0 Å². The molecule has 0 saturated carbocycles. The molecule has 2 aromatic heterocycles. The zero-order valence-corrected chi connectivity index (χ0v) is 21.6. The van der Waals surface area contributed by atoms with E-state index < -0.39 is 12.3 Å². The molecule has 10 nitrogen and oxygen atoms in total. The predicted molar refractivity (Wildman–Crippen MR) is 138 cm³/mol. The highest BCUT2D eigenvalue weighted by atomic mass is 19.1. The summed E-state index contributed by atoms with van der Waals surface area (Å²) in [6.07, 6.45) is 2.57. The first-order chi connectivity index (χ1) is 18.0. The largest absolute Gasteiger partial charge is 0.383 e. The van der Waals surface area contributed by atoms with E-state index in [9.17, 15) is 4.79 Å². The Bertz CT molecular complexity index is 1250. The Hall–Kier alpha value is -3.15. The Morgan fingerprint density at radius 3 is 2.84 bits per heavy atom. The van der Waals surface area contributed by atoms with E-state index in [0.29, 0.717) is 44.5 Å². The first-order valence-electron chi connectivity index (χ1n) is 12.7. The number of anilines is 1. The standard InChI is InChI=1S/C26H34FN7O3/c1-17-10-18-13-31-34(22(18)11-20(17)19-4-5-32(6-8-36-3)14-21(19)27)25-12-24(29-16-30-25)33-7-9-37-23(15-33)26(35)28-2/h10-13,16,19,21,23H,4-9,14-15H2,1-3H3,(H,28,35)/t19?,21?,23-/m1/s1. The Morgan fingerprint density at radius 2 is 2.05 bits per heavy atom. The Kier molecular flexibility index (Phi) is 7.63. The minimum absolute atomic E-state index is 0.157. The topological polar surface area (TPSA) is 97.6 Å². The lowest BCUT2D eigenvalue weighted by atomic mass is 9.85. The highest BCUT2D eigenvalue weighted by Crippen LogP contribution is 2.35. The molecule has 4 heterocycles. The van der Waals surface area contributed by atoms with E-state index in [1.807, 2.05) is 24.1 Å². The van der Waals surface area contributed by atoms with Crippen LogP contribution in [-0.4, -0.2) is 103 Å². The van der Waals surface area contributed by atoms with E-state index in [1.54, 1.807) is 18.8 Å². The van der Waals surface area contributed by atoms with Gasteiger partial charge in [0.05, 0.1) is 31.5 Å². The third-order valence-corrected chi connectivity index (χ3v) is 7.38. The number of alkyl halides is 1. The number of ether oxygens (including phenoxy) is 2. The molecule has 2 aliphatic rings. The van der Waals surface area contributed by atoms with Gasteiger partial charge < -0.3 is 19.7 Å². The van der Waals surface area contributed by atoms with Gasteiger partial charge in [-0.15, -0.1) is 0 Å². The number of hydrogen-bond donors (Lipinski definition) is 1. The number of rotatable bonds is 7. The average Bonchev–Trinajstić information content (AvgIpc) is 3.34. The molecule has 1 aromatic carbocycles. The minimum atomic E-state index is -0.946. The van der Waals surface area contributed by atoms with Gasteiger partial charge in [0.15, 0.2) is 11.9 Å². The number of amides is 1. The van der Waals surface area contributed by atoms with Gasteiger partial charge in [-0.1, -0.05) is 0 Å². The molecule has 0 bridgehead atoms. The maximum absolute atomic E-state index is 15.3. The molecule has 1 N–H and O–H groups in total. The number of benzene rings is 1. The minimum Gasteiger partial charge on any atom is -0.383 e. The molecule has 0 radical (unpaired) electrons. The molecule has 3 aromatic rings. The van der Waals surface area contributed by atoms with Gasteiger partial charge >= 0.3 is 0 Å². The summed E-state index contributed by atoms with van der Waals surface area (Å²) in [6.45, 7) is 6.11. The molecule has 1 amide bonds. The van der Waals surface area contributed by atoms with Gasteiger partial charge in [0.1, 0.15) is 18.3 Å². The fraction of sp³-hybridized carbons (Fsp3) is 0.538. The number of aromatic nitrogens is 4. The Morgan fingerprint density at radius 1 is 1.22 bits per heavy atom. The van der Waals surface area contributed by atoms with Crippen molar-refractivity contribution in [1.82, 2.24) is 30.0 Å². The Labute approximate surface area is 215 Å². The van der Waals surface area contributed by atoms with E-state index >= 15 is 4.39 Å². The SMILES string of the molecule is CNC(=O)[C@H]1CN(c2cc(-n3ncc4cc(C)c(C5CCN(CCOC)CC5F)cc43)ncn2)CCO1. The van der Waals surface area contributed by atoms with Crippen molar-refractivity contribution in [2.24, 2.45) is 0 Å².